The van der Waals surface area contributed by atoms with Crippen molar-refractivity contribution in [3.63, 3.8) is 0 Å². The molecule has 0 amide bonds. The molecule has 0 heterocycles. The molecule has 0 aliphatic heterocycles. The summed E-state index contributed by atoms with van der Waals surface area (Å²) in [6.07, 6.45) is 0. The molecule has 4 heteroatoms. The summed E-state index contributed by atoms with van der Waals surface area (Å²) in [6, 6.07) is 13.1. The van der Waals surface area contributed by atoms with Crippen molar-refractivity contribution in [3.8, 4) is 17.2 Å². The van der Waals surface area contributed by atoms with Gasteiger partial charge in [-0.25, -0.2) is 0 Å². The molecule has 0 radical (unpaired) electrons. The van der Waals surface area contributed by atoms with Gasteiger partial charge in [-0.15, -0.1) is 0 Å². The molecule has 2 aromatic carbocycles. The first-order valence-electron chi connectivity index (χ1n) is 5.92. The molecule has 0 aromatic heterocycles. The minimum Gasteiger partial charge on any atom is -0.497 e. The molecule has 0 atom stereocenters. The van der Waals surface area contributed by atoms with Crippen LogP contribution in [0.3, 0.4) is 0 Å². The lowest BCUT2D eigenvalue weighted by Gasteiger charge is -2.10. The predicted molar refractivity (Wildman–Crippen MR) is 74.7 cm³/mol. The van der Waals surface area contributed by atoms with Crippen LogP contribution >= 0.6 is 0 Å². The summed E-state index contributed by atoms with van der Waals surface area (Å²) in [6.45, 7) is 0.461. The average molecular weight is 259 g/mol. The van der Waals surface area contributed by atoms with Crippen LogP contribution in [0.4, 0.5) is 5.69 Å². The molecule has 0 fully saturated rings. The van der Waals surface area contributed by atoms with Gasteiger partial charge in [-0.3, -0.25) is 0 Å². The Hall–Kier alpha value is -2.36. The summed E-state index contributed by atoms with van der Waals surface area (Å²) in [4.78, 5) is 0. The highest BCUT2D eigenvalue weighted by Gasteiger charge is 2.02. The molecule has 2 rings (SSSR count). The zero-order chi connectivity index (χ0) is 13.7. The van der Waals surface area contributed by atoms with Gasteiger partial charge in [-0.2, -0.15) is 0 Å². The van der Waals surface area contributed by atoms with Crippen molar-refractivity contribution in [1.29, 1.82) is 0 Å². The maximum absolute atomic E-state index is 5.82. The van der Waals surface area contributed by atoms with Gasteiger partial charge < -0.3 is 19.9 Å². The molecule has 0 bridgehead atoms. The molecule has 0 saturated heterocycles. The van der Waals surface area contributed by atoms with Crippen molar-refractivity contribution in [3.05, 3.63) is 48.0 Å². The van der Waals surface area contributed by atoms with Crippen molar-refractivity contribution < 1.29 is 14.2 Å². The third kappa shape index (κ3) is 3.31. The van der Waals surface area contributed by atoms with Crippen LogP contribution in [0.25, 0.3) is 0 Å². The van der Waals surface area contributed by atoms with E-state index in [9.17, 15) is 0 Å². The number of hydrogen-bond acceptors (Lipinski definition) is 4. The predicted octanol–water partition coefficient (Wildman–Crippen LogP) is 2.87. The van der Waals surface area contributed by atoms with Crippen LogP contribution in [0.2, 0.25) is 0 Å². The van der Waals surface area contributed by atoms with Gasteiger partial charge in [-0.05, 0) is 29.8 Å². The monoisotopic (exact) mass is 259 g/mol. The minimum absolute atomic E-state index is 0.461. The lowest BCUT2D eigenvalue weighted by atomic mass is 10.2. The highest BCUT2D eigenvalue weighted by atomic mass is 16.5. The molecular formula is C15H17NO3. The van der Waals surface area contributed by atoms with Gasteiger partial charge in [0.05, 0.1) is 19.9 Å². The number of anilines is 1. The number of methoxy groups -OCH3 is 2. The molecule has 0 unspecified atom stereocenters. The SMILES string of the molecule is COc1cccc(COc2ccc(OC)c(N)c2)c1. The summed E-state index contributed by atoms with van der Waals surface area (Å²) in [7, 11) is 3.23. The molecule has 100 valence electrons. The summed E-state index contributed by atoms with van der Waals surface area (Å²) < 4.78 is 15.9. The largest absolute Gasteiger partial charge is 0.497 e. The first kappa shape index (κ1) is 13.1. The van der Waals surface area contributed by atoms with Crippen LogP contribution < -0.4 is 19.9 Å². The molecule has 4 nitrogen and oxygen atoms in total. The third-order valence-corrected chi connectivity index (χ3v) is 2.74. The Balaban J connectivity index is 2.03. The van der Waals surface area contributed by atoms with Crippen molar-refractivity contribution in [2.45, 2.75) is 6.61 Å². The van der Waals surface area contributed by atoms with E-state index in [-0.39, 0.29) is 0 Å². The molecule has 0 saturated carbocycles. The van der Waals surface area contributed by atoms with Crippen LogP contribution in [0.1, 0.15) is 5.56 Å². The van der Waals surface area contributed by atoms with E-state index in [2.05, 4.69) is 0 Å². The zero-order valence-electron chi connectivity index (χ0n) is 11.1. The Morgan fingerprint density at radius 3 is 2.47 bits per heavy atom. The Morgan fingerprint density at radius 1 is 0.947 bits per heavy atom. The number of hydrogen-bond donors (Lipinski definition) is 1. The van der Waals surface area contributed by atoms with E-state index in [0.29, 0.717) is 23.8 Å². The van der Waals surface area contributed by atoms with Crippen LogP contribution in [0, 0.1) is 0 Å². The van der Waals surface area contributed by atoms with Crippen molar-refractivity contribution in [1.82, 2.24) is 0 Å². The summed E-state index contributed by atoms with van der Waals surface area (Å²) >= 11 is 0. The Morgan fingerprint density at radius 2 is 1.79 bits per heavy atom. The van der Waals surface area contributed by atoms with Gasteiger partial charge in [0.25, 0.3) is 0 Å². The molecule has 0 spiro atoms. The van der Waals surface area contributed by atoms with Crippen LogP contribution in [0.5, 0.6) is 17.2 Å². The standard InChI is InChI=1S/C15H17NO3/c1-17-12-5-3-4-11(8-12)10-19-13-6-7-15(18-2)14(16)9-13/h3-9H,10,16H2,1-2H3. The number of nitrogen functional groups attached to an aromatic ring is 1. The van der Waals surface area contributed by atoms with Gasteiger partial charge in [0.1, 0.15) is 23.9 Å². The van der Waals surface area contributed by atoms with Crippen LogP contribution in [-0.4, -0.2) is 14.2 Å². The van der Waals surface area contributed by atoms with Gasteiger partial charge in [0, 0.05) is 6.07 Å². The quantitative estimate of drug-likeness (QED) is 0.839. The highest BCUT2D eigenvalue weighted by Crippen LogP contribution is 2.26. The number of ether oxygens (including phenoxy) is 3. The summed E-state index contributed by atoms with van der Waals surface area (Å²) in [5.74, 6) is 2.17. The molecule has 2 N–H and O–H groups in total. The van der Waals surface area contributed by atoms with Crippen LogP contribution in [-0.2, 0) is 6.61 Å². The van der Waals surface area contributed by atoms with Gasteiger partial charge >= 0.3 is 0 Å². The van der Waals surface area contributed by atoms with E-state index in [0.717, 1.165) is 11.3 Å². The third-order valence-electron chi connectivity index (χ3n) is 2.74. The normalized spacial score (nSPS) is 10.0. The molecule has 2 aromatic rings. The lowest BCUT2D eigenvalue weighted by molar-refractivity contribution is 0.304. The maximum atomic E-state index is 5.82. The fourth-order valence-electron chi connectivity index (χ4n) is 1.73. The Labute approximate surface area is 112 Å². The Kier molecular flexibility index (Phi) is 4.13. The Bertz CT molecular complexity index is 555. The summed E-state index contributed by atoms with van der Waals surface area (Å²) in [5, 5.41) is 0. The van der Waals surface area contributed by atoms with Crippen molar-refractivity contribution in [2.75, 3.05) is 20.0 Å². The van der Waals surface area contributed by atoms with E-state index in [1.54, 1.807) is 26.4 Å². The number of benzene rings is 2. The second-order valence-corrected chi connectivity index (χ2v) is 4.04. The van der Waals surface area contributed by atoms with Crippen molar-refractivity contribution in [2.24, 2.45) is 0 Å². The maximum Gasteiger partial charge on any atom is 0.142 e. The summed E-state index contributed by atoms with van der Waals surface area (Å²) in [5.41, 5.74) is 7.42. The zero-order valence-corrected chi connectivity index (χ0v) is 11.1. The molecule has 0 aliphatic carbocycles. The van der Waals surface area contributed by atoms with Gasteiger partial charge in [-0.1, -0.05) is 12.1 Å². The second-order valence-electron chi connectivity index (χ2n) is 4.04. The van der Waals surface area contributed by atoms with Crippen molar-refractivity contribution >= 4 is 5.69 Å². The van der Waals surface area contributed by atoms with E-state index in [1.165, 1.54) is 0 Å². The van der Waals surface area contributed by atoms with E-state index >= 15 is 0 Å². The first-order chi connectivity index (χ1) is 9.22. The van der Waals surface area contributed by atoms with Crippen LogP contribution in [0.15, 0.2) is 42.5 Å². The van der Waals surface area contributed by atoms with E-state index in [4.69, 9.17) is 19.9 Å². The van der Waals surface area contributed by atoms with Gasteiger partial charge in [0.2, 0.25) is 0 Å². The molecule has 19 heavy (non-hydrogen) atoms. The smallest absolute Gasteiger partial charge is 0.142 e. The second kappa shape index (κ2) is 6.00. The first-order valence-corrected chi connectivity index (χ1v) is 5.92. The fourth-order valence-corrected chi connectivity index (χ4v) is 1.73. The molecule has 0 aliphatic rings. The van der Waals surface area contributed by atoms with E-state index < -0.39 is 0 Å². The molecular weight excluding hydrogens is 242 g/mol. The van der Waals surface area contributed by atoms with Gasteiger partial charge in [0.15, 0.2) is 0 Å². The number of nitrogens with two attached hydrogens (primary N) is 1. The highest BCUT2D eigenvalue weighted by molar-refractivity contribution is 5.56. The average Bonchev–Trinajstić information content (AvgIpc) is 2.45. The van der Waals surface area contributed by atoms with E-state index in [1.807, 2.05) is 30.3 Å². The fraction of sp³-hybridized carbons (Fsp3) is 0.200. The topological polar surface area (TPSA) is 53.7 Å². The lowest BCUT2D eigenvalue weighted by Crippen LogP contribution is -1.98. The minimum atomic E-state index is 0.461. The number of rotatable bonds is 5.